The maximum atomic E-state index is 12.4. The van der Waals surface area contributed by atoms with E-state index in [0.29, 0.717) is 6.54 Å². The number of thiophene rings is 1. The van der Waals surface area contributed by atoms with Crippen LogP contribution in [0.3, 0.4) is 0 Å². The number of benzene rings is 2. The fraction of sp³-hybridized carbons (Fsp3) is 0.250. The van der Waals surface area contributed by atoms with Crippen LogP contribution in [0.4, 0.5) is 0 Å². The van der Waals surface area contributed by atoms with E-state index in [1.807, 2.05) is 44.3 Å². The van der Waals surface area contributed by atoms with Gasteiger partial charge in [-0.05, 0) is 35.4 Å². The average Bonchev–Trinajstić information content (AvgIpc) is 2.98. The molecular weight excluding hydrogens is 352 g/mol. The highest BCUT2D eigenvalue weighted by molar-refractivity contribution is 7.16. The summed E-state index contributed by atoms with van der Waals surface area (Å²) in [6.07, 6.45) is 0. The molecule has 2 N–H and O–H groups in total. The van der Waals surface area contributed by atoms with Gasteiger partial charge in [0.05, 0.1) is 22.3 Å². The third-order valence-corrected chi connectivity index (χ3v) is 5.47. The number of rotatable bonds is 6. The van der Waals surface area contributed by atoms with E-state index in [2.05, 4.69) is 29.6 Å². The molecule has 1 aromatic heterocycles. The zero-order chi connectivity index (χ0) is 17.8. The highest BCUT2D eigenvalue weighted by Crippen LogP contribution is 2.24. The van der Waals surface area contributed by atoms with Crippen molar-refractivity contribution in [3.8, 4) is 0 Å². The normalized spacial score (nSPS) is 13.6. The van der Waals surface area contributed by atoms with Crippen molar-refractivity contribution in [2.45, 2.75) is 19.5 Å². The zero-order valence-corrected chi connectivity index (χ0v) is 16.0. The van der Waals surface area contributed by atoms with Gasteiger partial charge in [-0.15, -0.1) is 11.3 Å². The van der Waals surface area contributed by atoms with Crippen LogP contribution >= 0.6 is 22.9 Å². The van der Waals surface area contributed by atoms with Gasteiger partial charge in [-0.1, -0.05) is 54.1 Å². The Morgan fingerprint density at radius 1 is 1.16 bits per heavy atom. The molecule has 3 nitrogen and oxygen atoms in total. The molecule has 0 aliphatic carbocycles. The molecule has 0 bridgehead atoms. The van der Waals surface area contributed by atoms with Crippen molar-refractivity contribution in [3.05, 3.63) is 69.4 Å². The van der Waals surface area contributed by atoms with Crippen molar-refractivity contribution in [2.75, 3.05) is 13.6 Å². The van der Waals surface area contributed by atoms with Gasteiger partial charge in [-0.2, -0.15) is 0 Å². The molecule has 130 valence electrons. The highest BCUT2D eigenvalue weighted by atomic mass is 35.5. The van der Waals surface area contributed by atoms with E-state index in [-0.39, 0.29) is 11.9 Å². The lowest BCUT2D eigenvalue weighted by Crippen LogP contribution is -3.08. The SMILES string of the molecule is C[C@H](NC(=O)C[NH+](C)Cc1ccc(Cl)s1)c1cccc2ccccc12. The molecule has 3 rings (SSSR count). The molecule has 1 amide bonds. The summed E-state index contributed by atoms with van der Waals surface area (Å²) in [4.78, 5) is 14.7. The third kappa shape index (κ3) is 4.60. The first-order valence-corrected chi connectivity index (χ1v) is 9.55. The number of carbonyl (C=O) groups is 1. The van der Waals surface area contributed by atoms with Crippen molar-refractivity contribution in [1.29, 1.82) is 0 Å². The van der Waals surface area contributed by atoms with E-state index < -0.39 is 0 Å². The first-order valence-electron chi connectivity index (χ1n) is 8.35. The van der Waals surface area contributed by atoms with Gasteiger partial charge < -0.3 is 10.2 Å². The Balaban J connectivity index is 1.62. The van der Waals surface area contributed by atoms with Crippen molar-refractivity contribution < 1.29 is 9.69 Å². The summed E-state index contributed by atoms with van der Waals surface area (Å²) >= 11 is 7.53. The van der Waals surface area contributed by atoms with Crippen LogP contribution in [0.25, 0.3) is 10.8 Å². The minimum atomic E-state index is -0.0254. The number of hydrogen-bond acceptors (Lipinski definition) is 2. The summed E-state index contributed by atoms with van der Waals surface area (Å²) in [7, 11) is 2.02. The van der Waals surface area contributed by atoms with Crippen molar-refractivity contribution in [2.24, 2.45) is 0 Å². The molecule has 1 unspecified atom stereocenters. The Labute approximate surface area is 157 Å². The van der Waals surface area contributed by atoms with E-state index in [0.717, 1.165) is 21.3 Å². The molecule has 0 saturated carbocycles. The summed E-state index contributed by atoms with van der Waals surface area (Å²) in [6.45, 7) is 3.27. The first-order chi connectivity index (χ1) is 12.0. The zero-order valence-electron chi connectivity index (χ0n) is 14.4. The van der Waals surface area contributed by atoms with Crippen LogP contribution in [0, 0.1) is 0 Å². The first kappa shape index (κ1) is 17.9. The van der Waals surface area contributed by atoms with Gasteiger partial charge in [0.15, 0.2) is 6.54 Å². The van der Waals surface area contributed by atoms with Crippen LogP contribution in [-0.2, 0) is 11.3 Å². The minimum Gasteiger partial charge on any atom is -0.345 e. The summed E-state index contributed by atoms with van der Waals surface area (Å²) < 4.78 is 0.789. The largest absolute Gasteiger partial charge is 0.345 e. The van der Waals surface area contributed by atoms with Gasteiger partial charge in [0.25, 0.3) is 5.91 Å². The topological polar surface area (TPSA) is 33.5 Å². The lowest BCUT2D eigenvalue weighted by atomic mass is 10.00. The minimum absolute atomic E-state index is 0.0254. The molecule has 0 radical (unpaired) electrons. The van der Waals surface area contributed by atoms with Gasteiger partial charge in [0.1, 0.15) is 6.54 Å². The van der Waals surface area contributed by atoms with Crippen molar-refractivity contribution in [1.82, 2.24) is 5.32 Å². The molecule has 0 fully saturated rings. The smallest absolute Gasteiger partial charge is 0.275 e. The Hall–Kier alpha value is -1.88. The van der Waals surface area contributed by atoms with Crippen LogP contribution < -0.4 is 10.2 Å². The molecule has 5 heteroatoms. The lowest BCUT2D eigenvalue weighted by Gasteiger charge is -2.18. The molecule has 1 heterocycles. The summed E-state index contributed by atoms with van der Waals surface area (Å²) in [5, 5.41) is 5.51. The summed E-state index contributed by atoms with van der Waals surface area (Å²) in [6, 6.07) is 18.4. The molecule has 2 aromatic carbocycles. The van der Waals surface area contributed by atoms with E-state index in [1.54, 1.807) is 11.3 Å². The molecule has 0 saturated heterocycles. The van der Waals surface area contributed by atoms with E-state index >= 15 is 0 Å². The third-order valence-electron chi connectivity index (χ3n) is 4.23. The fourth-order valence-corrected chi connectivity index (χ4v) is 4.28. The maximum Gasteiger partial charge on any atom is 0.275 e. The second-order valence-electron chi connectivity index (χ2n) is 6.37. The maximum absolute atomic E-state index is 12.4. The van der Waals surface area contributed by atoms with Crippen LogP contribution in [-0.4, -0.2) is 19.5 Å². The second-order valence-corrected chi connectivity index (χ2v) is 8.17. The highest BCUT2D eigenvalue weighted by Gasteiger charge is 2.16. The molecule has 0 spiro atoms. The van der Waals surface area contributed by atoms with Crippen LogP contribution in [0.2, 0.25) is 4.34 Å². The van der Waals surface area contributed by atoms with Crippen LogP contribution in [0.5, 0.6) is 0 Å². The van der Waals surface area contributed by atoms with Gasteiger partial charge in [0.2, 0.25) is 0 Å². The van der Waals surface area contributed by atoms with Gasteiger partial charge in [-0.25, -0.2) is 0 Å². The van der Waals surface area contributed by atoms with Crippen molar-refractivity contribution >= 4 is 39.6 Å². The van der Waals surface area contributed by atoms with Crippen LogP contribution in [0.1, 0.15) is 23.4 Å². The predicted molar refractivity (Wildman–Crippen MR) is 105 cm³/mol. The summed E-state index contributed by atoms with van der Waals surface area (Å²) in [5.41, 5.74) is 1.15. The molecule has 25 heavy (non-hydrogen) atoms. The lowest BCUT2D eigenvalue weighted by molar-refractivity contribution is -0.885. The van der Waals surface area contributed by atoms with Crippen molar-refractivity contribution in [3.63, 3.8) is 0 Å². The Morgan fingerprint density at radius 3 is 2.68 bits per heavy atom. The number of hydrogen-bond donors (Lipinski definition) is 2. The number of halogens is 1. The van der Waals surface area contributed by atoms with Gasteiger partial charge >= 0.3 is 0 Å². The molecule has 0 aliphatic heterocycles. The van der Waals surface area contributed by atoms with Gasteiger partial charge in [0, 0.05) is 0 Å². The Kier molecular flexibility index (Phi) is 5.74. The van der Waals surface area contributed by atoms with Crippen LogP contribution in [0.15, 0.2) is 54.6 Å². The van der Waals surface area contributed by atoms with E-state index in [4.69, 9.17) is 11.6 Å². The number of quaternary nitrogens is 1. The number of carbonyl (C=O) groups excluding carboxylic acids is 1. The fourth-order valence-electron chi connectivity index (χ4n) is 3.08. The molecule has 2 atom stereocenters. The molecule has 3 aromatic rings. The average molecular weight is 374 g/mol. The van der Waals surface area contributed by atoms with E-state index in [9.17, 15) is 4.79 Å². The number of fused-ring (bicyclic) bond motifs is 1. The number of likely N-dealkylation sites (N-methyl/N-ethyl adjacent to an activating group) is 1. The standard InChI is InChI=1S/C20H21ClN2OS/c1-14(17-9-5-7-15-6-3-4-8-18(15)17)22-20(24)13-23(2)12-16-10-11-19(21)25-16/h3-11,14H,12-13H2,1-2H3,(H,22,24)/p+1/t14-/m0/s1. The molecule has 0 aliphatic rings. The number of nitrogens with one attached hydrogen (secondary N) is 2. The predicted octanol–water partition coefficient (Wildman–Crippen LogP) is 3.45. The Morgan fingerprint density at radius 2 is 1.92 bits per heavy atom. The van der Waals surface area contributed by atoms with E-state index in [1.165, 1.54) is 15.6 Å². The second kappa shape index (κ2) is 8.00. The summed E-state index contributed by atoms with van der Waals surface area (Å²) in [5.74, 6) is 0.0561. The number of amides is 1. The van der Waals surface area contributed by atoms with Gasteiger partial charge in [-0.3, -0.25) is 4.79 Å². The molecular formula is C20H22ClN2OS+. The quantitative estimate of drug-likeness (QED) is 0.681. The Bertz CT molecular complexity index is 872. The monoisotopic (exact) mass is 373 g/mol.